The van der Waals surface area contributed by atoms with Gasteiger partial charge in [-0.15, -0.1) is 0 Å². The van der Waals surface area contributed by atoms with Crippen molar-refractivity contribution in [1.82, 2.24) is 5.32 Å². The first-order valence-corrected chi connectivity index (χ1v) is 6.48. The van der Waals surface area contributed by atoms with Gasteiger partial charge in [0.05, 0.1) is 12.7 Å². The van der Waals surface area contributed by atoms with E-state index in [4.69, 9.17) is 4.74 Å². The first kappa shape index (κ1) is 17.9. The number of hydrogen-bond donors (Lipinski definition) is 1. The Morgan fingerprint density at radius 2 is 1.80 bits per heavy atom. The Labute approximate surface area is 120 Å². The lowest BCUT2D eigenvalue weighted by atomic mass is 10.0. The molecule has 1 rings (SSSR count). The topological polar surface area (TPSA) is 38.3 Å². The molecule has 3 nitrogen and oxygen atoms in total. The summed E-state index contributed by atoms with van der Waals surface area (Å²) in [6.45, 7) is 5.85. The minimum Gasteiger partial charge on any atom is -0.465 e. The summed E-state index contributed by atoms with van der Waals surface area (Å²) in [6.07, 6.45) is 3.45. The van der Waals surface area contributed by atoms with Gasteiger partial charge in [0.1, 0.15) is 5.82 Å². The third-order valence-electron chi connectivity index (χ3n) is 2.30. The molecule has 0 aliphatic rings. The van der Waals surface area contributed by atoms with Gasteiger partial charge >= 0.3 is 5.97 Å². The first-order valence-electron chi connectivity index (χ1n) is 6.48. The van der Waals surface area contributed by atoms with Crippen molar-refractivity contribution in [3.8, 4) is 0 Å². The number of esters is 1. The zero-order valence-electron chi connectivity index (χ0n) is 12.7. The molecule has 0 atom stereocenters. The van der Waals surface area contributed by atoms with Crippen LogP contribution in [0.1, 0.15) is 26.3 Å². The molecule has 0 amide bonds. The number of carbonyl (C=O) groups is 1. The lowest BCUT2D eigenvalue weighted by molar-refractivity contribution is -0.133. The van der Waals surface area contributed by atoms with E-state index in [2.05, 4.69) is 5.32 Å². The molecule has 1 aromatic carbocycles. The van der Waals surface area contributed by atoms with Crippen LogP contribution in [0.4, 0.5) is 4.39 Å². The Bertz CT molecular complexity index is 476. The number of halogens is 1. The standard InChI is InChI=1S/C14H16FNO2.C2H6/c1-10(9-16-2)8-13(14(17)18-3)11-4-6-12(15)7-5-11;1-2/h4-9,16H,1-3H3;1-2H3/b10-9-,13-8+;. The van der Waals surface area contributed by atoms with Gasteiger partial charge in [0.25, 0.3) is 0 Å². The summed E-state index contributed by atoms with van der Waals surface area (Å²) < 4.78 is 17.6. The Balaban J connectivity index is 0.00000172. The molecule has 0 unspecified atom stereocenters. The van der Waals surface area contributed by atoms with E-state index in [1.165, 1.54) is 19.2 Å². The van der Waals surface area contributed by atoms with E-state index in [1.807, 2.05) is 20.8 Å². The Hall–Kier alpha value is -2.10. The van der Waals surface area contributed by atoms with E-state index in [0.717, 1.165) is 5.57 Å². The van der Waals surface area contributed by atoms with Crippen LogP contribution in [0.2, 0.25) is 0 Å². The van der Waals surface area contributed by atoms with Crippen molar-refractivity contribution in [1.29, 1.82) is 0 Å². The SMILES string of the molecule is CC.CN/C=C(C)\C=C(\C(=O)OC)c1ccc(F)cc1. The minimum atomic E-state index is -0.453. The summed E-state index contributed by atoms with van der Waals surface area (Å²) >= 11 is 0. The number of rotatable bonds is 4. The molecule has 0 aliphatic carbocycles. The molecule has 1 N–H and O–H groups in total. The average molecular weight is 279 g/mol. The van der Waals surface area contributed by atoms with Crippen molar-refractivity contribution in [2.75, 3.05) is 14.2 Å². The molecule has 0 aromatic heterocycles. The highest BCUT2D eigenvalue weighted by Crippen LogP contribution is 2.18. The summed E-state index contributed by atoms with van der Waals surface area (Å²) in [7, 11) is 3.09. The number of benzene rings is 1. The predicted molar refractivity (Wildman–Crippen MR) is 80.6 cm³/mol. The van der Waals surface area contributed by atoms with Crippen LogP contribution in [0.5, 0.6) is 0 Å². The second-order valence-electron chi connectivity index (χ2n) is 3.73. The molecule has 1 aromatic rings. The smallest absolute Gasteiger partial charge is 0.338 e. The summed E-state index contributed by atoms with van der Waals surface area (Å²) in [4.78, 5) is 11.7. The van der Waals surface area contributed by atoms with Crippen molar-refractivity contribution in [3.63, 3.8) is 0 Å². The largest absolute Gasteiger partial charge is 0.465 e. The zero-order chi connectivity index (χ0) is 15.5. The number of methoxy groups -OCH3 is 1. The fourth-order valence-corrected chi connectivity index (χ4v) is 1.50. The number of carbonyl (C=O) groups excluding carboxylic acids is 1. The van der Waals surface area contributed by atoms with E-state index in [-0.39, 0.29) is 5.82 Å². The molecule has 4 heteroatoms. The van der Waals surface area contributed by atoms with Crippen molar-refractivity contribution in [2.45, 2.75) is 20.8 Å². The van der Waals surface area contributed by atoms with Crippen molar-refractivity contribution in [3.05, 3.63) is 53.5 Å². The normalized spacial score (nSPS) is 11.3. The lowest BCUT2D eigenvalue weighted by Gasteiger charge is -2.06. The second kappa shape index (κ2) is 9.78. The Morgan fingerprint density at radius 1 is 1.25 bits per heavy atom. The molecule has 0 bridgehead atoms. The van der Waals surface area contributed by atoms with Gasteiger partial charge in [0.2, 0.25) is 0 Å². The van der Waals surface area contributed by atoms with E-state index < -0.39 is 5.97 Å². The molecule has 0 heterocycles. The van der Waals surface area contributed by atoms with E-state index in [1.54, 1.807) is 31.5 Å². The van der Waals surface area contributed by atoms with Gasteiger partial charge in [-0.05, 0) is 42.5 Å². The minimum absolute atomic E-state index is 0.342. The molecular weight excluding hydrogens is 257 g/mol. The van der Waals surface area contributed by atoms with Gasteiger partial charge in [-0.25, -0.2) is 9.18 Å². The second-order valence-corrected chi connectivity index (χ2v) is 3.73. The summed E-state index contributed by atoms with van der Waals surface area (Å²) in [6, 6.07) is 5.71. The lowest BCUT2D eigenvalue weighted by Crippen LogP contribution is -2.05. The van der Waals surface area contributed by atoms with Gasteiger partial charge in [-0.3, -0.25) is 0 Å². The maximum absolute atomic E-state index is 12.9. The van der Waals surface area contributed by atoms with E-state index in [0.29, 0.717) is 11.1 Å². The van der Waals surface area contributed by atoms with Crippen LogP contribution in [-0.2, 0) is 9.53 Å². The molecular formula is C16H22FNO2. The maximum Gasteiger partial charge on any atom is 0.338 e. The third-order valence-corrected chi connectivity index (χ3v) is 2.30. The van der Waals surface area contributed by atoms with Crippen LogP contribution in [0.25, 0.3) is 5.57 Å². The summed E-state index contributed by atoms with van der Waals surface area (Å²) in [5, 5.41) is 2.87. The van der Waals surface area contributed by atoms with Gasteiger partial charge in [0.15, 0.2) is 0 Å². The molecule has 0 saturated carbocycles. The number of ether oxygens (including phenoxy) is 1. The highest BCUT2D eigenvalue weighted by atomic mass is 19.1. The molecule has 0 aliphatic heterocycles. The predicted octanol–water partition coefficient (Wildman–Crippen LogP) is 3.53. The first-order chi connectivity index (χ1) is 9.58. The van der Waals surface area contributed by atoms with Crippen LogP contribution in [-0.4, -0.2) is 20.1 Å². The molecule has 0 saturated heterocycles. The van der Waals surface area contributed by atoms with Crippen LogP contribution in [0.15, 0.2) is 42.1 Å². The molecule has 0 spiro atoms. The third kappa shape index (κ3) is 5.69. The summed E-state index contributed by atoms with van der Waals surface area (Å²) in [5.41, 5.74) is 1.87. The van der Waals surface area contributed by atoms with Crippen molar-refractivity contribution >= 4 is 11.5 Å². The van der Waals surface area contributed by atoms with Crippen molar-refractivity contribution in [2.24, 2.45) is 0 Å². The fourth-order valence-electron chi connectivity index (χ4n) is 1.50. The molecule has 0 radical (unpaired) electrons. The van der Waals surface area contributed by atoms with Crippen LogP contribution in [0.3, 0.4) is 0 Å². The number of allylic oxidation sites excluding steroid dienone is 2. The van der Waals surface area contributed by atoms with E-state index >= 15 is 0 Å². The monoisotopic (exact) mass is 279 g/mol. The molecule has 110 valence electrons. The highest BCUT2D eigenvalue weighted by Gasteiger charge is 2.12. The van der Waals surface area contributed by atoms with E-state index in [9.17, 15) is 9.18 Å². The average Bonchev–Trinajstić information content (AvgIpc) is 2.47. The molecule has 20 heavy (non-hydrogen) atoms. The highest BCUT2D eigenvalue weighted by molar-refractivity contribution is 6.16. The quantitative estimate of drug-likeness (QED) is 0.520. The molecule has 0 fully saturated rings. The summed E-state index contributed by atoms with van der Waals surface area (Å²) in [5.74, 6) is -0.795. The van der Waals surface area contributed by atoms with Gasteiger partial charge in [-0.2, -0.15) is 0 Å². The maximum atomic E-state index is 12.9. The van der Waals surface area contributed by atoms with Crippen LogP contribution in [0, 0.1) is 5.82 Å². The van der Waals surface area contributed by atoms with Gasteiger partial charge in [-0.1, -0.05) is 26.0 Å². The van der Waals surface area contributed by atoms with Gasteiger partial charge in [0, 0.05) is 7.05 Å². The Morgan fingerprint density at radius 3 is 2.25 bits per heavy atom. The van der Waals surface area contributed by atoms with Crippen LogP contribution < -0.4 is 5.32 Å². The Kier molecular flexibility index (Phi) is 8.75. The number of nitrogens with one attached hydrogen (secondary N) is 1. The van der Waals surface area contributed by atoms with Gasteiger partial charge < -0.3 is 10.1 Å². The fraction of sp³-hybridized carbons (Fsp3) is 0.312. The number of hydrogen-bond acceptors (Lipinski definition) is 3. The zero-order valence-corrected chi connectivity index (χ0v) is 12.7. The van der Waals surface area contributed by atoms with Crippen molar-refractivity contribution < 1.29 is 13.9 Å². The van der Waals surface area contributed by atoms with Crippen LogP contribution >= 0.6 is 0 Å².